The third kappa shape index (κ3) is 1.76. The van der Waals surface area contributed by atoms with Crippen molar-refractivity contribution in [3.63, 3.8) is 0 Å². The van der Waals surface area contributed by atoms with Gasteiger partial charge in [0.25, 0.3) is 0 Å². The van der Waals surface area contributed by atoms with Gasteiger partial charge in [0, 0.05) is 11.0 Å². The smallest absolute Gasteiger partial charge is 0.171 e. The first-order valence-corrected chi connectivity index (χ1v) is 6.02. The van der Waals surface area contributed by atoms with Crippen molar-refractivity contribution in [2.45, 2.75) is 19.8 Å². The van der Waals surface area contributed by atoms with Gasteiger partial charge in [-0.3, -0.25) is 4.79 Å². The van der Waals surface area contributed by atoms with Gasteiger partial charge >= 0.3 is 0 Å². The van der Waals surface area contributed by atoms with Crippen molar-refractivity contribution in [3.8, 4) is 5.75 Å². The Morgan fingerprint density at radius 1 is 1.53 bits per heavy atom. The molecular formula is C13H12Cl2O2. The van der Waals surface area contributed by atoms with Crippen LogP contribution in [0.2, 0.25) is 10.0 Å². The second-order valence-electron chi connectivity index (χ2n) is 4.62. The maximum absolute atomic E-state index is 12.3. The molecule has 0 fully saturated rings. The van der Waals surface area contributed by atoms with Crippen molar-refractivity contribution in [2.75, 3.05) is 0 Å². The summed E-state index contributed by atoms with van der Waals surface area (Å²) >= 11 is 11.9. The number of fused-ring (bicyclic) bond motifs is 1. The number of ketones is 1. The number of phenolic OH excluding ortho intramolecular Hbond substituents is 1. The van der Waals surface area contributed by atoms with E-state index in [9.17, 15) is 9.90 Å². The van der Waals surface area contributed by atoms with Gasteiger partial charge in [0.05, 0.1) is 5.02 Å². The molecular weight excluding hydrogens is 259 g/mol. The van der Waals surface area contributed by atoms with Crippen molar-refractivity contribution in [1.82, 2.24) is 0 Å². The minimum Gasteiger partial charge on any atom is -0.506 e. The van der Waals surface area contributed by atoms with E-state index in [4.69, 9.17) is 23.2 Å². The van der Waals surface area contributed by atoms with Gasteiger partial charge in [-0.25, -0.2) is 0 Å². The molecule has 4 heteroatoms. The van der Waals surface area contributed by atoms with E-state index in [0.29, 0.717) is 18.4 Å². The average Bonchev–Trinajstić information content (AvgIpc) is 2.49. The third-order valence-corrected chi connectivity index (χ3v) is 4.08. The Hall–Kier alpha value is -0.990. The van der Waals surface area contributed by atoms with Crippen LogP contribution in [0.3, 0.4) is 0 Å². The predicted molar refractivity (Wildman–Crippen MR) is 69.1 cm³/mol. The summed E-state index contributed by atoms with van der Waals surface area (Å²) in [6, 6.07) is 1.52. The van der Waals surface area contributed by atoms with Crippen LogP contribution in [-0.4, -0.2) is 10.9 Å². The maximum Gasteiger partial charge on any atom is 0.171 e. The molecule has 1 aromatic carbocycles. The van der Waals surface area contributed by atoms with Gasteiger partial charge in [0.15, 0.2) is 5.78 Å². The van der Waals surface area contributed by atoms with Gasteiger partial charge < -0.3 is 5.11 Å². The van der Waals surface area contributed by atoms with Crippen LogP contribution in [0, 0.1) is 5.41 Å². The Balaban J connectivity index is 2.60. The molecule has 0 heterocycles. The first kappa shape index (κ1) is 12.5. The summed E-state index contributed by atoms with van der Waals surface area (Å²) in [5.41, 5.74) is 0.676. The summed E-state index contributed by atoms with van der Waals surface area (Å²) in [7, 11) is 0. The number of hydrogen-bond acceptors (Lipinski definition) is 2. The number of carbonyl (C=O) groups is 1. The summed E-state index contributed by atoms with van der Waals surface area (Å²) in [5, 5.41) is 9.80. The van der Waals surface area contributed by atoms with E-state index in [-0.39, 0.29) is 21.6 Å². The normalized spacial score (nSPS) is 22.6. The van der Waals surface area contributed by atoms with Crippen LogP contribution in [0.5, 0.6) is 5.75 Å². The molecule has 1 aliphatic carbocycles. The molecule has 0 saturated heterocycles. The lowest BCUT2D eigenvalue weighted by Crippen LogP contribution is -2.23. The molecule has 0 radical (unpaired) electrons. The van der Waals surface area contributed by atoms with E-state index in [2.05, 4.69) is 6.58 Å². The Bertz CT molecular complexity index is 523. The van der Waals surface area contributed by atoms with E-state index in [1.807, 2.05) is 6.92 Å². The van der Waals surface area contributed by atoms with E-state index in [1.165, 1.54) is 6.07 Å². The first-order valence-electron chi connectivity index (χ1n) is 5.26. The number of rotatable bonds is 2. The SMILES string of the molecule is C=CC[C@]1(C)Cc2cc(O)c(Cl)c(Cl)c2C1=O. The van der Waals surface area contributed by atoms with Crippen molar-refractivity contribution >= 4 is 29.0 Å². The molecule has 17 heavy (non-hydrogen) atoms. The zero-order chi connectivity index (χ0) is 12.8. The highest BCUT2D eigenvalue weighted by Gasteiger charge is 2.42. The zero-order valence-electron chi connectivity index (χ0n) is 9.39. The monoisotopic (exact) mass is 270 g/mol. The fourth-order valence-corrected chi connectivity index (χ4v) is 2.79. The third-order valence-electron chi connectivity index (χ3n) is 3.22. The number of aromatic hydroxyl groups is 1. The van der Waals surface area contributed by atoms with Crippen LogP contribution in [-0.2, 0) is 6.42 Å². The van der Waals surface area contributed by atoms with E-state index < -0.39 is 5.41 Å². The Morgan fingerprint density at radius 3 is 2.76 bits per heavy atom. The molecule has 1 aliphatic rings. The zero-order valence-corrected chi connectivity index (χ0v) is 10.9. The van der Waals surface area contributed by atoms with Crippen molar-refractivity contribution in [2.24, 2.45) is 5.41 Å². The van der Waals surface area contributed by atoms with Gasteiger partial charge in [0.1, 0.15) is 10.8 Å². The fraction of sp³-hybridized carbons (Fsp3) is 0.308. The standard InChI is InChI=1S/C13H12Cl2O2/c1-3-4-13(2)6-7-5-8(16)10(14)11(15)9(7)12(13)17/h3,5,16H,1,4,6H2,2H3/t13-/m1/s1. The average molecular weight is 271 g/mol. The van der Waals surface area contributed by atoms with Crippen LogP contribution < -0.4 is 0 Å². The molecule has 2 nitrogen and oxygen atoms in total. The van der Waals surface area contributed by atoms with Gasteiger partial charge in [-0.2, -0.15) is 0 Å². The Labute approximate surface area is 110 Å². The number of hydrogen-bond donors (Lipinski definition) is 1. The van der Waals surface area contributed by atoms with Crippen LogP contribution in [0.1, 0.15) is 29.3 Å². The maximum atomic E-state index is 12.3. The van der Waals surface area contributed by atoms with Crippen LogP contribution in [0.25, 0.3) is 0 Å². The van der Waals surface area contributed by atoms with Gasteiger partial charge in [-0.1, -0.05) is 36.2 Å². The van der Waals surface area contributed by atoms with E-state index in [1.54, 1.807) is 6.08 Å². The van der Waals surface area contributed by atoms with Crippen molar-refractivity contribution < 1.29 is 9.90 Å². The molecule has 1 aromatic rings. The molecule has 0 saturated carbocycles. The number of allylic oxidation sites excluding steroid dienone is 1. The van der Waals surface area contributed by atoms with Crippen molar-refractivity contribution in [3.05, 3.63) is 39.9 Å². The second-order valence-corrected chi connectivity index (χ2v) is 5.37. The summed E-state index contributed by atoms with van der Waals surface area (Å²) in [5.74, 6) is -0.106. The molecule has 0 amide bonds. The number of Topliss-reactive ketones (excluding diaryl/α,β-unsaturated/α-hetero) is 1. The first-order chi connectivity index (χ1) is 7.90. The lowest BCUT2D eigenvalue weighted by molar-refractivity contribution is 0.0845. The molecule has 0 spiro atoms. The van der Waals surface area contributed by atoms with Gasteiger partial charge in [0.2, 0.25) is 0 Å². The predicted octanol–water partition coefficient (Wildman–Crippen LogP) is 4.02. The van der Waals surface area contributed by atoms with Gasteiger partial charge in [-0.15, -0.1) is 6.58 Å². The second kappa shape index (κ2) is 4.04. The minimum atomic E-state index is -0.523. The van der Waals surface area contributed by atoms with Crippen LogP contribution in [0.4, 0.5) is 0 Å². The highest BCUT2D eigenvalue weighted by atomic mass is 35.5. The largest absolute Gasteiger partial charge is 0.506 e. The molecule has 1 atom stereocenters. The van der Waals surface area contributed by atoms with Gasteiger partial charge in [-0.05, 0) is 24.5 Å². The summed E-state index contributed by atoms with van der Waals surface area (Å²) in [6.45, 7) is 5.54. The summed E-state index contributed by atoms with van der Waals surface area (Å²) in [6.07, 6.45) is 2.85. The highest BCUT2D eigenvalue weighted by Crippen LogP contribution is 2.47. The molecule has 1 N–H and O–H groups in total. The number of halogens is 2. The van der Waals surface area contributed by atoms with Crippen LogP contribution >= 0.6 is 23.2 Å². The number of benzene rings is 1. The fourth-order valence-electron chi connectivity index (χ4n) is 2.33. The highest BCUT2D eigenvalue weighted by molar-refractivity contribution is 6.45. The molecule has 0 aliphatic heterocycles. The summed E-state index contributed by atoms with van der Waals surface area (Å²) < 4.78 is 0. The molecule has 0 aromatic heterocycles. The van der Waals surface area contributed by atoms with Crippen LogP contribution in [0.15, 0.2) is 18.7 Å². The van der Waals surface area contributed by atoms with E-state index >= 15 is 0 Å². The number of carbonyl (C=O) groups excluding carboxylic acids is 1. The van der Waals surface area contributed by atoms with Crippen molar-refractivity contribution in [1.29, 1.82) is 0 Å². The van der Waals surface area contributed by atoms with E-state index in [0.717, 1.165) is 5.56 Å². The Morgan fingerprint density at radius 2 is 2.18 bits per heavy atom. The summed E-state index contributed by atoms with van der Waals surface area (Å²) in [4.78, 5) is 12.3. The molecule has 0 bridgehead atoms. The lowest BCUT2D eigenvalue weighted by Gasteiger charge is -2.19. The quantitative estimate of drug-likeness (QED) is 0.825. The topological polar surface area (TPSA) is 37.3 Å². The Kier molecular flexibility index (Phi) is 2.96. The molecule has 0 unspecified atom stereocenters. The number of phenols is 1. The lowest BCUT2D eigenvalue weighted by atomic mass is 9.83. The molecule has 2 rings (SSSR count). The minimum absolute atomic E-state index is 0.0284. The molecule has 90 valence electrons.